The Balaban J connectivity index is 2.89. The van der Waals surface area contributed by atoms with Gasteiger partial charge in [0.05, 0.1) is 0 Å². The summed E-state index contributed by atoms with van der Waals surface area (Å²) in [5.41, 5.74) is 2.02. The lowest BCUT2D eigenvalue weighted by molar-refractivity contribution is -0.107. The molecule has 0 saturated heterocycles. The number of hydrogen-bond donors (Lipinski definition) is 0. The number of hydrogen-bond acceptors (Lipinski definition) is 1. The summed E-state index contributed by atoms with van der Waals surface area (Å²) in [7, 11) is 0. The first-order valence-electron chi connectivity index (χ1n) is 3.40. The van der Waals surface area contributed by atoms with Crippen LogP contribution in [0.15, 0.2) is 24.3 Å². The van der Waals surface area contributed by atoms with E-state index in [1.165, 1.54) is 5.56 Å². The van der Waals surface area contributed by atoms with Crippen molar-refractivity contribution in [2.75, 3.05) is 0 Å². The highest BCUT2D eigenvalue weighted by Gasteiger charge is 2.03. The number of carbonyl (C=O) groups excluding carboxylic acids is 1. The molecular formula is C9H9ClO. The second kappa shape index (κ2) is 3.54. The lowest BCUT2D eigenvalue weighted by Crippen LogP contribution is -1.90. The van der Waals surface area contributed by atoms with Crippen LogP contribution in [0.5, 0.6) is 0 Å². The van der Waals surface area contributed by atoms with E-state index in [1.807, 2.05) is 31.2 Å². The van der Waals surface area contributed by atoms with Crippen molar-refractivity contribution in [3.05, 3.63) is 35.4 Å². The molecule has 1 rings (SSSR count). The molecule has 0 aliphatic rings. The van der Waals surface area contributed by atoms with Gasteiger partial charge in [-0.15, -0.1) is 11.6 Å². The van der Waals surface area contributed by atoms with E-state index in [4.69, 9.17) is 11.6 Å². The number of benzene rings is 1. The van der Waals surface area contributed by atoms with Crippen molar-refractivity contribution in [2.24, 2.45) is 0 Å². The highest BCUT2D eigenvalue weighted by molar-refractivity contribution is 6.27. The predicted molar refractivity (Wildman–Crippen MR) is 45.8 cm³/mol. The number of rotatable bonds is 2. The summed E-state index contributed by atoms with van der Waals surface area (Å²) in [6.45, 7) is 1.99. The van der Waals surface area contributed by atoms with E-state index in [0.29, 0.717) is 0 Å². The van der Waals surface area contributed by atoms with Crippen LogP contribution in [0, 0.1) is 6.92 Å². The molecule has 0 fully saturated rings. The third kappa shape index (κ3) is 2.05. The van der Waals surface area contributed by atoms with Gasteiger partial charge < -0.3 is 4.79 Å². The van der Waals surface area contributed by atoms with E-state index in [-0.39, 0.29) is 0 Å². The first-order valence-corrected chi connectivity index (χ1v) is 3.83. The molecule has 0 bridgehead atoms. The van der Waals surface area contributed by atoms with Crippen molar-refractivity contribution in [1.29, 1.82) is 0 Å². The Kier molecular flexibility index (Phi) is 2.66. The van der Waals surface area contributed by atoms with E-state index in [1.54, 1.807) is 0 Å². The Morgan fingerprint density at radius 3 is 2.36 bits per heavy atom. The predicted octanol–water partition coefficient (Wildman–Crippen LogP) is 2.47. The fraction of sp³-hybridized carbons (Fsp3) is 0.222. The summed E-state index contributed by atoms with van der Waals surface area (Å²) in [6.07, 6.45) is 0.728. The molecule has 58 valence electrons. The van der Waals surface area contributed by atoms with Gasteiger partial charge in [0.25, 0.3) is 0 Å². The molecule has 0 radical (unpaired) electrons. The van der Waals surface area contributed by atoms with Gasteiger partial charge in [0.2, 0.25) is 0 Å². The minimum absolute atomic E-state index is 0.504. The van der Waals surface area contributed by atoms with Crippen molar-refractivity contribution in [1.82, 2.24) is 0 Å². The van der Waals surface area contributed by atoms with E-state index < -0.39 is 5.38 Å². The minimum Gasteiger partial charge on any atom is -0.301 e. The molecule has 0 N–H and O–H groups in total. The van der Waals surface area contributed by atoms with Crippen molar-refractivity contribution in [3.8, 4) is 0 Å². The zero-order valence-electron chi connectivity index (χ0n) is 6.25. The maximum atomic E-state index is 10.3. The van der Waals surface area contributed by atoms with Crippen molar-refractivity contribution >= 4 is 17.9 Å². The van der Waals surface area contributed by atoms with Crippen LogP contribution in [0.2, 0.25) is 0 Å². The summed E-state index contributed by atoms with van der Waals surface area (Å²) in [6, 6.07) is 7.60. The van der Waals surface area contributed by atoms with E-state index in [2.05, 4.69) is 0 Å². The minimum atomic E-state index is -0.504. The van der Waals surface area contributed by atoms with Crippen LogP contribution in [0.4, 0.5) is 0 Å². The average Bonchev–Trinajstić information content (AvgIpc) is 2.05. The molecule has 1 aromatic rings. The zero-order chi connectivity index (χ0) is 8.27. The Bertz CT molecular complexity index is 240. The Morgan fingerprint density at radius 1 is 1.36 bits per heavy atom. The molecule has 11 heavy (non-hydrogen) atoms. The van der Waals surface area contributed by atoms with E-state index in [9.17, 15) is 4.79 Å². The third-order valence-electron chi connectivity index (χ3n) is 1.52. The van der Waals surface area contributed by atoms with Gasteiger partial charge in [-0.1, -0.05) is 29.8 Å². The maximum absolute atomic E-state index is 10.3. The standard InChI is InChI=1S/C9H9ClO/c1-7-2-4-8(5-3-7)9(10)6-11/h2-6,9H,1H3. The van der Waals surface area contributed by atoms with Gasteiger partial charge in [-0.3, -0.25) is 0 Å². The molecule has 0 aromatic heterocycles. The van der Waals surface area contributed by atoms with Gasteiger partial charge in [0, 0.05) is 0 Å². The quantitative estimate of drug-likeness (QED) is 0.490. The summed E-state index contributed by atoms with van der Waals surface area (Å²) in [5.74, 6) is 0. The molecule has 1 nitrogen and oxygen atoms in total. The molecule has 0 heterocycles. The Morgan fingerprint density at radius 2 is 1.91 bits per heavy atom. The monoisotopic (exact) mass is 168 g/mol. The van der Waals surface area contributed by atoms with Gasteiger partial charge in [0.1, 0.15) is 11.7 Å². The van der Waals surface area contributed by atoms with Crippen LogP contribution in [0.25, 0.3) is 0 Å². The van der Waals surface area contributed by atoms with Crippen LogP contribution < -0.4 is 0 Å². The van der Waals surface area contributed by atoms with Gasteiger partial charge in [-0.2, -0.15) is 0 Å². The summed E-state index contributed by atoms with van der Waals surface area (Å²) in [4.78, 5) is 10.3. The largest absolute Gasteiger partial charge is 0.301 e. The Hall–Kier alpha value is -0.820. The number of aryl methyl sites for hydroxylation is 1. The van der Waals surface area contributed by atoms with Gasteiger partial charge in [-0.05, 0) is 12.5 Å². The number of carbonyl (C=O) groups is 1. The van der Waals surface area contributed by atoms with E-state index >= 15 is 0 Å². The average molecular weight is 169 g/mol. The summed E-state index contributed by atoms with van der Waals surface area (Å²) >= 11 is 5.67. The first-order chi connectivity index (χ1) is 5.24. The molecule has 1 aromatic carbocycles. The SMILES string of the molecule is Cc1ccc(C(Cl)C=O)cc1. The Labute approximate surface area is 71.0 Å². The number of aldehydes is 1. The number of halogens is 1. The van der Waals surface area contributed by atoms with Crippen molar-refractivity contribution < 1.29 is 4.79 Å². The fourth-order valence-electron chi connectivity index (χ4n) is 0.829. The van der Waals surface area contributed by atoms with Crippen molar-refractivity contribution in [2.45, 2.75) is 12.3 Å². The molecule has 0 aliphatic carbocycles. The van der Waals surface area contributed by atoms with Gasteiger partial charge in [-0.25, -0.2) is 0 Å². The lowest BCUT2D eigenvalue weighted by atomic mass is 10.1. The molecule has 0 aliphatic heterocycles. The second-order valence-electron chi connectivity index (χ2n) is 2.45. The second-order valence-corrected chi connectivity index (χ2v) is 2.92. The topological polar surface area (TPSA) is 17.1 Å². The fourth-order valence-corrected chi connectivity index (χ4v) is 0.974. The number of alkyl halides is 1. The normalized spacial score (nSPS) is 12.5. The molecule has 1 unspecified atom stereocenters. The molecular weight excluding hydrogens is 160 g/mol. The summed E-state index contributed by atoms with van der Waals surface area (Å²) in [5, 5.41) is -0.504. The van der Waals surface area contributed by atoms with Crippen molar-refractivity contribution in [3.63, 3.8) is 0 Å². The summed E-state index contributed by atoms with van der Waals surface area (Å²) < 4.78 is 0. The van der Waals surface area contributed by atoms with Gasteiger partial charge in [0.15, 0.2) is 0 Å². The highest BCUT2D eigenvalue weighted by Crippen LogP contribution is 2.17. The van der Waals surface area contributed by atoms with E-state index in [0.717, 1.165) is 11.8 Å². The van der Waals surface area contributed by atoms with Crippen LogP contribution in [-0.2, 0) is 4.79 Å². The lowest BCUT2D eigenvalue weighted by Gasteiger charge is -2.00. The first kappa shape index (κ1) is 8.28. The van der Waals surface area contributed by atoms with Crippen LogP contribution in [0.1, 0.15) is 16.5 Å². The molecule has 0 saturated carbocycles. The maximum Gasteiger partial charge on any atom is 0.142 e. The van der Waals surface area contributed by atoms with Crippen LogP contribution in [0.3, 0.4) is 0 Å². The molecule has 2 heteroatoms. The van der Waals surface area contributed by atoms with Gasteiger partial charge >= 0.3 is 0 Å². The molecule has 0 amide bonds. The van der Waals surface area contributed by atoms with Crippen LogP contribution >= 0.6 is 11.6 Å². The third-order valence-corrected chi connectivity index (χ3v) is 1.87. The highest BCUT2D eigenvalue weighted by atomic mass is 35.5. The zero-order valence-corrected chi connectivity index (χ0v) is 7.01. The smallest absolute Gasteiger partial charge is 0.142 e. The molecule has 0 spiro atoms. The molecule has 1 atom stereocenters. The van der Waals surface area contributed by atoms with Crippen LogP contribution in [-0.4, -0.2) is 6.29 Å².